The van der Waals surface area contributed by atoms with Crippen LogP contribution >= 0.6 is 12.6 Å². The Hall–Kier alpha value is -1.31. The number of rotatable bonds is 2. The van der Waals surface area contributed by atoms with Gasteiger partial charge in [-0.25, -0.2) is 4.79 Å². The minimum absolute atomic E-state index is 0.162. The fourth-order valence-corrected chi connectivity index (χ4v) is 7.92. The summed E-state index contributed by atoms with van der Waals surface area (Å²) >= 11 is 4.78. The van der Waals surface area contributed by atoms with Gasteiger partial charge >= 0.3 is 12.1 Å². The van der Waals surface area contributed by atoms with E-state index in [0.717, 1.165) is 30.9 Å². The van der Waals surface area contributed by atoms with Crippen molar-refractivity contribution >= 4 is 30.2 Å². The van der Waals surface area contributed by atoms with Crippen molar-refractivity contribution in [1.82, 2.24) is 0 Å². The molecule has 0 aromatic carbocycles. The third-order valence-electron chi connectivity index (χ3n) is 8.70. The second-order valence-corrected chi connectivity index (χ2v) is 10.3. The molecular weight excluding hydrogens is 429 g/mol. The lowest BCUT2D eigenvalue weighted by Crippen LogP contribution is -2.52. The first kappa shape index (κ1) is 24.3. The number of carbonyl (C=O) groups excluding carboxylic acids is 2. The highest BCUT2D eigenvalue weighted by Crippen LogP contribution is 2.66. The Kier molecular flexibility index (Phi) is 6.72. The Bertz CT molecular complexity index is 792. The van der Waals surface area contributed by atoms with Crippen LogP contribution in [0.3, 0.4) is 0 Å². The lowest BCUT2D eigenvalue weighted by Gasteiger charge is -2.58. The smallest absolute Gasteiger partial charge is 0.475 e. The number of thiol groups is 1. The first-order chi connectivity index (χ1) is 14.4. The van der Waals surface area contributed by atoms with Gasteiger partial charge in [0.2, 0.25) is 0 Å². The summed E-state index contributed by atoms with van der Waals surface area (Å²) in [4.78, 5) is 33.0. The summed E-state index contributed by atoms with van der Waals surface area (Å²) in [5.41, 5.74) is 1.78. The van der Waals surface area contributed by atoms with Gasteiger partial charge < -0.3 is 5.11 Å². The molecule has 0 aromatic rings. The zero-order chi connectivity index (χ0) is 23.2. The summed E-state index contributed by atoms with van der Waals surface area (Å²) in [7, 11) is 0. The first-order valence-electron chi connectivity index (χ1n) is 11.0. The van der Waals surface area contributed by atoms with Crippen LogP contribution in [0.1, 0.15) is 65.2 Å². The highest BCUT2D eigenvalue weighted by atomic mass is 32.1. The molecule has 0 spiro atoms. The van der Waals surface area contributed by atoms with Gasteiger partial charge in [-0.05, 0) is 86.9 Å². The fraction of sp³-hybridized carbons (Fsp3) is 0.783. The molecule has 4 aliphatic carbocycles. The van der Waals surface area contributed by atoms with Crippen LogP contribution in [0.4, 0.5) is 13.2 Å². The molecule has 0 aromatic heterocycles. The minimum atomic E-state index is -5.08. The van der Waals surface area contributed by atoms with E-state index in [1.54, 1.807) is 6.92 Å². The molecule has 4 aliphatic rings. The van der Waals surface area contributed by atoms with E-state index < -0.39 is 12.1 Å². The number of hydrogen-bond donors (Lipinski definition) is 2. The molecule has 3 saturated carbocycles. The number of ketones is 2. The van der Waals surface area contributed by atoms with Crippen LogP contribution in [0.25, 0.3) is 0 Å². The molecule has 0 aliphatic heterocycles. The van der Waals surface area contributed by atoms with Crippen molar-refractivity contribution < 1.29 is 32.7 Å². The lowest BCUT2D eigenvalue weighted by molar-refractivity contribution is -0.192. The van der Waals surface area contributed by atoms with E-state index in [1.165, 1.54) is 31.3 Å². The predicted molar refractivity (Wildman–Crippen MR) is 113 cm³/mol. The Morgan fingerprint density at radius 3 is 2.32 bits per heavy atom. The standard InChI is InChI=1S/C21H30O2S.C2HF3O2/c1-13(22)17-5-6-18-16-4-3-14-11-15(23)7-10-21(14,12-24)19(16)8-9-20(17,18)2;3-2(4,5)1(6)7/h11,16-19,24H,3-10,12H2,1-2H3;(H,6,7)/t16-,17+,18-,19-,20+,21+;/m0./s1. The highest BCUT2D eigenvalue weighted by molar-refractivity contribution is 7.80. The second-order valence-electron chi connectivity index (χ2n) is 9.95. The Morgan fingerprint density at radius 2 is 1.77 bits per heavy atom. The molecule has 0 saturated heterocycles. The maximum absolute atomic E-state index is 12.2. The maximum atomic E-state index is 12.2. The number of carboxylic acids is 1. The molecule has 3 fully saturated rings. The largest absolute Gasteiger partial charge is 0.490 e. The summed E-state index contributed by atoms with van der Waals surface area (Å²) in [6, 6.07) is 0. The van der Waals surface area contributed by atoms with Crippen LogP contribution in [0.5, 0.6) is 0 Å². The van der Waals surface area contributed by atoms with Crippen molar-refractivity contribution in [2.24, 2.45) is 34.5 Å². The summed E-state index contributed by atoms with van der Waals surface area (Å²) in [6.07, 6.45) is 5.59. The average molecular weight is 461 g/mol. The zero-order valence-electron chi connectivity index (χ0n) is 18.0. The molecular formula is C23H31F3O4S. The Morgan fingerprint density at radius 1 is 1.13 bits per heavy atom. The molecule has 4 rings (SSSR count). The number of hydrogen-bond acceptors (Lipinski definition) is 4. The van der Waals surface area contributed by atoms with E-state index in [9.17, 15) is 22.8 Å². The summed E-state index contributed by atoms with van der Waals surface area (Å²) < 4.78 is 31.7. The zero-order valence-corrected chi connectivity index (χ0v) is 18.9. The summed E-state index contributed by atoms with van der Waals surface area (Å²) in [5, 5.41) is 7.12. The molecule has 0 amide bonds. The van der Waals surface area contributed by atoms with Crippen molar-refractivity contribution in [1.29, 1.82) is 0 Å². The number of Topliss-reactive ketones (excluding diaryl/α,β-unsaturated/α-hetero) is 1. The van der Waals surface area contributed by atoms with E-state index in [4.69, 9.17) is 22.5 Å². The molecule has 0 heterocycles. The monoisotopic (exact) mass is 460 g/mol. The van der Waals surface area contributed by atoms with Gasteiger partial charge in [-0.3, -0.25) is 9.59 Å². The Balaban J connectivity index is 0.000000339. The van der Waals surface area contributed by atoms with Crippen LogP contribution in [0.2, 0.25) is 0 Å². The molecule has 0 unspecified atom stereocenters. The van der Waals surface area contributed by atoms with Gasteiger partial charge in [-0.15, -0.1) is 0 Å². The minimum Gasteiger partial charge on any atom is -0.475 e. The molecule has 8 heteroatoms. The van der Waals surface area contributed by atoms with Crippen LogP contribution in [0, 0.1) is 34.5 Å². The molecule has 1 N–H and O–H groups in total. The van der Waals surface area contributed by atoms with Crippen molar-refractivity contribution in [2.75, 3.05) is 5.75 Å². The number of fused-ring (bicyclic) bond motifs is 5. The number of carboxylic acid groups (broad SMARTS) is 1. The average Bonchev–Trinajstić information content (AvgIpc) is 3.05. The van der Waals surface area contributed by atoms with Gasteiger partial charge in [0.25, 0.3) is 0 Å². The van der Waals surface area contributed by atoms with Crippen LogP contribution in [-0.2, 0) is 14.4 Å². The predicted octanol–water partition coefficient (Wildman–Crippen LogP) is 5.27. The van der Waals surface area contributed by atoms with E-state index >= 15 is 0 Å². The van der Waals surface area contributed by atoms with E-state index in [2.05, 4.69) is 6.92 Å². The maximum Gasteiger partial charge on any atom is 0.490 e. The van der Waals surface area contributed by atoms with Gasteiger partial charge in [-0.2, -0.15) is 25.8 Å². The normalized spacial score (nSPS) is 39.3. The number of alkyl halides is 3. The summed E-state index contributed by atoms with van der Waals surface area (Å²) in [5.74, 6) is 1.22. The Labute approximate surface area is 186 Å². The molecule has 174 valence electrons. The molecule has 31 heavy (non-hydrogen) atoms. The van der Waals surface area contributed by atoms with E-state index in [0.29, 0.717) is 29.8 Å². The third kappa shape index (κ3) is 4.21. The number of allylic oxidation sites excluding steroid dienone is 1. The second kappa shape index (κ2) is 8.56. The van der Waals surface area contributed by atoms with Crippen molar-refractivity contribution in [3.8, 4) is 0 Å². The quantitative estimate of drug-likeness (QED) is 0.551. The molecule has 0 radical (unpaired) electrons. The SMILES string of the molecule is CC(=O)[C@H]1CC[C@H]2[C@@H]3CCC4=CC(=O)CC[C@]4(CS)[C@H]3CC[C@]12C.O=C(O)C(F)(F)F. The topological polar surface area (TPSA) is 71.4 Å². The molecule has 6 atom stereocenters. The molecule has 0 bridgehead atoms. The molecule has 4 nitrogen and oxygen atoms in total. The van der Waals surface area contributed by atoms with Crippen molar-refractivity contribution in [3.05, 3.63) is 11.6 Å². The summed E-state index contributed by atoms with van der Waals surface area (Å²) in [6.45, 7) is 4.20. The first-order valence-corrected chi connectivity index (χ1v) is 11.7. The van der Waals surface area contributed by atoms with Gasteiger partial charge in [0, 0.05) is 17.8 Å². The fourth-order valence-electron chi connectivity index (χ4n) is 7.33. The van der Waals surface area contributed by atoms with E-state index in [1.807, 2.05) is 6.08 Å². The highest BCUT2D eigenvalue weighted by Gasteiger charge is 2.60. The third-order valence-corrected chi connectivity index (χ3v) is 9.27. The van der Waals surface area contributed by atoms with Gasteiger partial charge in [0.05, 0.1) is 0 Å². The van der Waals surface area contributed by atoms with Crippen LogP contribution < -0.4 is 0 Å². The van der Waals surface area contributed by atoms with Crippen molar-refractivity contribution in [2.45, 2.75) is 71.4 Å². The van der Waals surface area contributed by atoms with Gasteiger partial charge in [0.1, 0.15) is 5.78 Å². The van der Waals surface area contributed by atoms with Crippen LogP contribution in [0.15, 0.2) is 11.6 Å². The van der Waals surface area contributed by atoms with Gasteiger partial charge in [0.15, 0.2) is 5.78 Å². The number of carbonyl (C=O) groups is 3. The lowest BCUT2D eigenvalue weighted by atomic mass is 9.46. The van der Waals surface area contributed by atoms with E-state index in [-0.39, 0.29) is 16.7 Å². The van der Waals surface area contributed by atoms with Crippen molar-refractivity contribution in [3.63, 3.8) is 0 Å². The number of aliphatic carboxylic acids is 1. The number of halogens is 3. The van der Waals surface area contributed by atoms with Crippen LogP contribution in [-0.4, -0.2) is 34.6 Å². The van der Waals surface area contributed by atoms with Gasteiger partial charge in [-0.1, -0.05) is 12.5 Å².